The van der Waals surface area contributed by atoms with Gasteiger partial charge in [0.2, 0.25) is 5.78 Å². The monoisotopic (exact) mass is 352 g/mol. The van der Waals surface area contributed by atoms with E-state index in [9.17, 15) is 14.4 Å². The topological polar surface area (TPSA) is 71.4 Å². The van der Waals surface area contributed by atoms with Crippen molar-refractivity contribution in [1.82, 2.24) is 0 Å². The zero-order valence-corrected chi connectivity index (χ0v) is 15.0. The highest BCUT2D eigenvalue weighted by Crippen LogP contribution is 2.33. The number of carbonyl (C=O) groups excluding carboxylic acids is 2. The van der Waals surface area contributed by atoms with E-state index in [-0.39, 0.29) is 0 Å². The zero-order chi connectivity index (χ0) is 17.8. The van der Waals surface area contributed by atoms with Gasteiger partial charge in [0.25, 0.3) is 0 Å². The second-order valence-corrected chi connectivity index (χ2v) is 6.29. The summed E-state index contributed by atoms with van der Waals surface area (Å²) in [5.74, 6) is -3.14. The normalized spacial score (nSPS) is 10.8. The van der Waals surface area contributed by atoms with E-state index in [0.717, 1.165) is 9.11 Å². The molecule has 0 spiro atoms. The molecule has 0 aliphatic rings. The number of thiophene rings is 1. The minimum absolute atomic E-state index is 0.384. The number of hydrogen-bond acceptors (Lipinski definition) is 5. The summed E-state index contributed by atoms with van der Waals surface area (Å²) in [6.07, 6.45) is 6.71. The minimum atomic E-state index is -1.58. The molecule has 0 aliphatic carbocycles. The molecule has 0 saturated heterocycles. The van der Waals surface area contributed by atoms with Gasteiger partial charge in [-0.1, -0.05) is 50.4 Å². The lowest BCUT2D eigenvalue weighted by Gasteiger charge is -1.97. The fraction of sp³-hybridized carbons (Fsp3) is 0.235. The molecule has 0 fully saturated rings. The molecule has 1 rings (SSSR count). The Bertz CT molecular complexity index is 624. The summed E-state index contributed by atoms with van der Waals surface area (Å²) in [5.41, 5.74) is 0. The van der Waals surface area contributed by atoms with Crippen LogP contribution in [-0.2, 0) is 9.59 Å². The minimum Gasteiger partial charge on any atom is -0.475 e. The maximum atomic E-state index is 11.8. The van der Waals surface area contributed by atoms with Crippen LogP contribution < -0.4 is 0 Å². The summed E-state index contributed by atoms with van der Waals surface area (Å²) in [4.78, 5) is 34.6. The molecule has 124 valence electrons. The fourth-order valence-electron chi connectivity index (χ4n) is 1.30. The van der Waals surface area contributed by atoms with Gasteiger partial charge >= 0.3 is 5.97 Å². The van der Waals surface area contributed by atoms with Gasteiger partial charge in [0, 0.05) is 4.91 Å². The van der Waals surface area contributed by atoms with Gasteiger partial charge in [-0.15, -0.1) is 11.3 Å². The van der Waals surface area contributed by atoms with Crippen LogP contribution in [-0.4, -0.2) is 22.6 Å². The predicted molar refractivity (Wildman–Crippen MR) is 96.2 cm³/mol. The van der Waals surface area contributed by atoms with Crippen molar-refractivity contribution in [3.05, 3.63) is 52.8 Å². The molecular weight excluding hydrogens is 332 g/mol. The number of carboxylic acid groups (broad SMARTS) is 1. The molecule has 1 N–H and O–H groups in total. The average Bonchev–Trinajstić information content (AvgIpc) is 3.01. The van der Waals surface area contributed by atoms with Crippen LogP contribution in [0.3, 0.4) is 0 Å². The van der Waals surface area contributed by atoms with Gasteiger partial charge in [-0.2, -0.15) is 0 Å². The first kappa shape index (κ1) is 21.1. The summed E-state index contributed by atoms with van der Waals surface area (Å²) >= 11 is 2.72. The third kappa shape index (κ3) is 7.76. The molecule has 0 unspecified atom stereocenters. The third-order valence-electron chi connectivity index (χ3n) is 2.32. The van der Waals surface area contributed by atoms with Crippen molar-refractivity contribution in [2.75, 3.05) is 0 Å². The lowest BCUT2D eigenvalue weighted by molar-refractivity contribution is -0.148. The number of aliphatic carboxylic acids is 1. The molecule has 1 aromatic rings. The first-order valence-corrected chi connectivity index (χ1v) is 8.63. The van der Waals surface area contributed by atoms with E-state index in [0.29, 0.717) is 4.88 Å². The summed E-state index contributed by atoms with van der Waals surface area (Å²) in [7, 11) is 0. The highest BCUT2D eigenvalue weighted by molar-refractivity contribution is 8.05. The number of thioether (sulfide) groups is 1. The van der Waals surface area contributed by atoms with Crippen LogP contribution in [0, 0.1) is 0 Å². The molecule has 4 nitrogen and oxygen atoms in total. The number of hydrogen-bond donors (Lipinski definition) is 1. The highest BCUT2D eigenvalue weighted by atomic mass is 32.2. The Morgan fingerprint density at radius 1 is 1.30 bits per heavy atom. The number of Topliss-reactive ketones (excluding diaryl/α,β-unsaturated/α-hetero) is 2. The number of carboxylic acids is 1. The van der Waals surface area contributed by atoms with E-state index in [4.69, 9.17) is 5.11 Å². The summed E-state index contributed by atoms with van der Waals surface area (Å²) in [6, 6.07) is 3.38. The van der Waals surface area contributed by atoms with Gasteiger partial charge in [0.15, 0.2) is 5.78 Å². The third-order valence-corrected chi connectivity index (χ3v) is 4.68. The largest absolute Gasteiger partial charge is 0.475 e. The molecule has 0 bridgehead atoms. The molecule has 0 amide bonds. The van der Waals surface area contributed by atoms with Gasteiger partial charge in [-0.05, 0) is 25.1 Å². The van der Waals surface area contributed by atoms with Crippen LogP contribution in [0.5, 0.6) is 0 Å². The van der Waals surface area contributed by atoms with Crippen LogP contribution in [0.15, 0.2) is 52.1 Å². The SMILES string of the molecule is C=C/C=C\C(=C/C)Sc1ccc(C(=O)CC(=O)C(=O)O)s1.CC. The second-order valence-electron chi connectivity index (χ2n) is 3.83. The molecule has 0 radical (unpaired) electrons. The fourth-order valence-corrected chi connectivity index (χ4v) is 3.33. The summed E-state index contributed by atoms with van der Waals surface area (Å²) in [5, 5.41) is 8.49. The maximum Gasteiger partial charge on any atom is 0.372 e. The number of ketones is 2. The molecule has 1 aromatic heterocycles. The Morgan fingerprint density at radius 2 is 1.96 bits per heavy atom. The Hall–Kier alpha value is -1.92. The van der Waals surface area contributed by atoms with E-state index in [1.54, 1.807) is 18.2 Å². The smallest absolute Gasteiger partial charge is 0.372 e. The van der Waals surface area contributed by atoms with E-state index >= 15 is 0 Å². The van der Waals surface area contributed by atoms with Crippen molar-refractivity contribution in [2.24, 2.45) is 0 Å². The predicted octanol–water partition coefficient (Wildman–Crippen LogP) is 4.74. The molecule has 1 heterocycles. The Morgan fingerprint density at radius 3 is 2.48 bits per heavy atom. The first-order valence-electron chi connectivity index (χ1n) is 7.00. The molecule has 0 aliphatic heterocycles. The number of carbonyl (C=O) groups is 3. The van der Waals surface area contributed by atoms with Gasteiger partial charge < -0.3 is 5.11 Å². The standard InChI is InChI=1S/C15H14O4S2.C2H6/c1-3-5-6-10(4-2)20-14-8-7-13(21-14)11(16)9-12(17)15(18)19;1-2/h3-8H,1,9H2,2H3,(H,18,19);1-2H3/b6-5-,10-4+;. The van der Waals surface area contributed by atoms with Gasteiger partial charge in [-0.3, -0.25) is 9.59 Å². The van der Waals surface area contributed by atoms with Gasteiger partial charge in [-0.25, -0.2) is 4.79 Å². The average molecular weight is 352 g/mol. The van der Waals surface area contributed by atoms with Crippen LogP contribution in [0.2, 0.25) is 0 Å². The second kappa shape index (κ2) is 11.6. The van der Waals surface area contributed by atoms with Crippen molar-refractivity contribution < 1.29 is 19.5 Å². The van der Waals surface area contributed by atoms with E-state index < -0.39 is 24.0 Å². The number of rotatable bonds is 8. The zero-order valence-electron chi connectivity index (χ0n) is 13.4. The van der Waals surface area contributed by atoms with Crippen LogP contribution in [0.1, 0.15) is 36.9 Å². The van der Waals surface area contributed by atoms with Gasteiger partial charge in [0.05, 0.1) is 15.5 Å². The Balaban J connectivity index is 0.00000232. The lowest BCUT2D eigenvalue weighted by atomic mass is 10.2. The van der Waals surface area contributed by atoms with Crippen molar-refractivity contribution in [1.29, 1.82) is 0 Å². The Kier molecular flexibility index (Phi) is 10.7. The van der Waals surface area contributed by atoms with Gasteiger partial charge in [0.1, 0.15) is 0 Å². The summed E-state index contributed by atoms with van der Waals surface area (Å²) in [6.45, 7) is 9.50. The maximum absolute atomic E-state index is 11.8. The van der Waals surface area contributed by atoms with Crippen molar-refractivity contribution in [3.8, 4) is 0 Å². The van der Waals surface area contributed by atoms with Crippen molar-refractivity contribution >= 4 is 40.6 Å². The molecule has 0 aromatic carbocycles. The molecule has 0 saturated carbocycles. The van der Waals surface area contributed by atoms with Crippen LogP contribution in [0.4, 0.5) is 0 Å². The molecule has 0 atom stereocenters. The van der Waals surface area contributed by atoms with E-state index in [2.05, 4.69) is 6.58 Å². The first-order chi connectivity index (χ1) is 11.0. The van der Waals surface area contributed by atoms with E-state index in [1.165, 1.54) is 23.1 Å². The van der Waals surface area contributed by atoms with Crippen LogP contribution in [0.25, 0.3) is 0 Å². The van der Waals surface area contributed by atoms with E-state index in [1.807, 2.05) is 39.0 Å². The summed E-state index contributed by atoms with van der Waals surface area (Å²) < 4.78 is 0.892. The van der Waals surface area contributed by atoms with Crippen LogP contribution >= 0.6 is 23.1 Å². The molecule has 6 heteroatoms. The quantitative estimate of drug-likeness (QED) is 0.240. The molecule has 23 heavy (non-hydrogen) atoms. The van der Waals surface area contributed by atoms with Crippen molar-refractivity contribution in [3.63, 3.8) is 0 Å². The Labute approximate surface area is 144 Å². The highest BCUT2D eigenvalue weighted by Gasteiger charge is 2.19. The lowest BCUT2D eigenvalue weighted by Crippen LogP contribution is -2.16. The molecular formula is C17H20O4S2. The number of allylic oxidation sites excluding steroid dienone is 4. The van der Waals surface area contributed by atoms with Crippen molar-refractivity contribution in [2.45, 2.75) is 31.4 Å².